The second-order valence-corrected chi connectivity index (χ2v) is 6.94. The van der Waals surface area contributed by atoms with Crippen LogP contribution in [0.1, 0.15) is 32.1 Å². The minimum atomic E-state index is -0.617. The predicted molar refractivity (Wildman–Crippen MR) is 88.4 cm³/mol. The molecule has 0 unspecified atom stereocenters. The molecular formula is C18H21N3O2. The lowest BCUT2D eigenvalue weighted by Crippen LogP contribution is -2.45. The van der Waals surface area contributed by atoms with E-state index in [2.05, 4.69) is 14.9 Å². The van der Waals surface area contributed by atoms with Gasteiger partial charge >= 0.3 is 5.97 Å². The number of piperidine rings is 1. The molecule has 1 saturated heterocycles. The summed E-state index contributed by atoms with van der Waals surface area (Å²) in [7, 11) is 0. The maximum atomic E-state index is 11.8. The largest absolute Gasteiger partial charge is 0.481 e. The summed E-state index contributed by atoms with van der Waals surface area (Å²) in [5.41, 5.74) is 1.25. The third-order valence-corrected chi connectivity index (χ3v) is 5.31. The highest BCUT2D eigenvalue weighted by atomic mass is 16.4. The van der Waals surface area contributed by atoms with E-state index in [0.717, 1.165) is 36.4 Å². The maximum absolute atomic E-state index is 11.8. The van der Waals surface area contributed by atoms with Crippen LogP contribution in [-0.4, -0.2) is 34.1 Å². The van der Waals surface area contributed by atoms with Crippen LogP contribution in [0.25, 0.3) is 11.0 Å². The molecule has 2 heterocycles. The van der Waals surface area contributed by atoms with Crippen LogP contribution < -0.4 is 4.90 Å². The first kappa shape index (κ1) is 14.4. The molecule has 2 fully saturated rings. The molecule has 5 heteroatoms. The Balaban J connectivity index is 1.52. The summed E-state index contributed by atoms with van der Waals surface area (Å²) in [5.74, 6) is 0.876. The van der Waals surface area contributed by atoms with Crippen LogP contribution in [0.4, 0.5) is 5.82 Å². The minimum absolute atomic E-state index is 0.526. The topological polar surface area (TPSA) is 66.3 Å². The summed E-state index contributed by atoms with van der Waals surface area (Å²) in [4.78, 5) is 23.1. The number of benzene rings is 1. The number of carboxylic acid groups (broad SMARTS) is 1. The van der Waals surface area contributed by atoms with Gasteiger partial charge in [0.15, 0.2) is 0 Å². The fourth-order valence-corrected chi connectivity index (χ4v) is 3.64. The van der Waals surface area contributed by atoms with Crippen molar-refractivity contribution in [2.45, 2.75) is 32.1 Å². The second kappa shape index (κ2) is 5.48. The molecule has 1 aromatic heterocycles. The van der Waals surface area contributed by atoms with Crippen LogP contribution >= 0.6 is 0 Å². The van der Waals surface area contributed by atoms with Crippen LogP contribution in [0.5, 0.6) is 0 Å². The molecule has 0 atom stereocenters. The van der Waals surface area contributed by atoms with E-state index in [9.17, 15) is 9.90 Å². The number of aliphatic carboxylic acids is 1. The predicted octanol–water partition coefficient (Wildman–Crippen LogP) is 3.10. The van der Waals surface area contributed by atoms with E-state index in [4.69, 9.17) is 0 Å². The fourth-order valence-electron chi connectivity index (χ4n) is 3.64. The van der Waals surface area contributed by atoms with Gasteiger partial charge in [-0.25, -0.2) is 4.98 Å². The van der Waals surface area contributed by atoms with Gasteiger partial charge in [0.2, 0.25) is 0 Å². The normalized spacial score (nSPS) is 20.6. The SMILES string of the molecule is O=C(O)C1(CC2CC2)CCN(c2cnc3ccccc3n2)CC1. The molecule has 0 spiro atoms. The molecule has 4 rings (SSSR count). The van der Waals surface area contributed by atoms with Gasteiger partial charge in [0.25, 0.3) is 0 Å². The third kappa shape index (κ3) is 2.76. The molecular weight excluding hydrogens is 290 g/mol. The van der Waals surface area contributed by atoms with E-state index in [-0.39, 0.29) is 0 Å². The molecule has 5 nitrogen and oxygen atoms in total. The van der Waals surface area contributed by atoms with Gasteiger partial charge in [0.1, 0.15) is 5.82 Å². The third-order valence-electron chi connectivity index (χ3n) is 5.31. The lowest BCUT2D eigenvalue weighted by atomic mass is 9.74. The van der Waals surface area contributed by atoms with Crippen LogP contribution in [0, 0.1) is 11.3 Å². The molecule has 1 N–H and O–H groups in total. The lowest BCUT2D eigenvalue weighted by molar-refractivity contribution is -0.151. The highest BCUT2D eigenvalue weighted by Gasteiger charge is 2.45. The van der Waals surface area contributed by atoms with Gasteiger partial charge in [-0.15, -0.1) is 0 Å². The smallest absolute Gasteiger partial charge is 0.309 e. The Bertz CT molecular complexity index is 734. The van der Waals surface area contributed by atoms with Crippen LogP contribution in [-0.2, 0) is 4.79 Å². The summed E-state index contributed by atoms with van der Waals surface area (Å²) in [6, 6.07) is 7.83. The molecule has 0 bridgehead atoms. The van der Waals surface area contributed by atoms with Crippen molar-refractivity contribution in [1.29, 1.82) is 0 Å². The summed E-state index contributed by atoms with van der Waals surface area (Å²) in [6.45, 7) is 1.48. The monoisotopic (exact) mass is 311 g/mol. The highest BCUT2D eigenvalue weighted by molar-refractivity contribution is 5.76. The van der Waals surface area contributed by atoms with E-state index in [1.54, 1.807) is 6.20 Å². The molecule has 2 aromatic rings. The lowest BCUT2D eigenvalue weighted by Gasteiger charge is -2.39. The van der Waals surface area contributed by atoms with Crippen molar-refractivity contribution in [1.82, 2.24) is 9.97 Å². The first-order valence-corrected chi connectivity index (χ1v) is 8.36. The van der Waals surface area contributed by atoms with Crippen molar-refractivity contribution < 1.29 is 9.90 Å². The Morgan fingerprint density at radius 2 is 1.91 bits per heavy atom. The van der Waals surface area contributed by atoms with Gasteiger partial charge in [0, 0.05) is 13.1 Å². The number of hydrogen-bond acceptors (Lipinski definition) is 4. The number of rotatable bonds is 4. The number of nitrogens with zero attached hydrogens (tertiary/aromatic N) is 3. The fraction of sp³-hybridized carbons (Fsp3) is 0.500. The second-order valence-electron chi connectivity index (χ2n) is 6.94. The number of carboxylic acids is 1. The standard InChI is InChI=1S/C18H21N3O2/c22-17(23)18(11-13-5-6-13)7-9-21(10-8-18)16-12-19-14-3-1-2-4-15(14)20-16/h1-4,12-13H,5-11H2,(H,22,23). The van der Waals surface area contributed by atoms with Crippen molar-refractivity contribution in [2.24, 2.45) is 11.3 Å². The number of aromatic nitrogens is 2. The molecule has 23 heavy (non-hydrogen) atoms. The summed E-state index contributed by atoms with van der Waals surface area (Å²) < 4.78 is 0. The Morgan fingerprint density at radius 3 is 2.57 bits per heavy atom. The summed E-state index contributed by atoms with van der Waals surface area (Å²) >= 11 is 0. The van der Waals surface area contributed by atoms with Crippen LogP contribution in [0.15, 0.2) is 30.5 Å². The van der Waals surface area contributed by atoms with Gasteiger partial charge < -0.3 is 10.0 Å². The molecule has 120 valence electrons. The zero-order valence-corrected chi connectivity index (χ0v) is 13.1. The van der Waals surface area contributed by atoms with Crippen molar-refractivity contribution >= 4 is 22.8 Å². The van der Waals surface area contributed by atoms with E-state index >= 15 is 0 Å². The van der Waals surface area contributed by atoms with E-state index in [0.29, 0.717) is 18.8 Å². The Kier molecular flexibility index (Phi) is 3.43. The molecule has 2 aliphatic rings. The first-order valence-electron chi connectivity index (χ1n) is 8.36. The number of anilines is 1. The van der Waals surface area contributed by atoms with Gasteiger partial charge in [0.05, 0.1) is 22.6 Å². The Morgan fingerprint density at radius 1 is 1.22 bits per heavy atom. The maximum Gasteiger partial charge on any atom is 0.309 e. The molecule has 0 radical (unpaired) electrons. The Hall–Kier alpha value is -2.17. The van der Waals surface area contributed by atoms with E-state index < -0.39 is 11.4 Å². The van der Waals surface area contributed by atoms with Crippen molar-refractivity contribution in [3.8, 4) is 0 Å². The van der Waals surface area contributed by atoms with Gasteiger partial charge in [-0.2, -0.15) is 0 Å². The Labute approximate surface area is 135 Å². The van der Waals surface area contributed by atoms with Crippen LogP contribution in [0.2, 0.25) is 0 Å². The number of hydrogen-bond donors (Lipinski definition) is 1. The number of carbonyl (C=O) groups is 1. The molecule has 1 aromatic carbocycles. The average molecular weight is 311 g/mol. The van der Waals surface area contributed by atoms with Gasteiger partial charge in [-0.1, -0.05) is 25.0 Å². The van der Waals surface area contributed by atoms with E-state index in [1.165, 1.54) is 12.8 Å². The van der Waals surface area contributed by atoms with Crippen LogP contribution in [0.3, 0.4) is 0 Å². The quantitative estimate of drug-likeness (QED) is 0.940. The zero-order chi connectivity index (χ0) is 15.9. The number of para-hydroxylation sites is 2. The zero-order valence-electron chi connectivity index (χ0n) is 13.1. The van der Waals surface area contributed by atoms with Crippen molar-refractivity contribution in [2.75, 3.05) is 18.0 Å². The summed E-state index contributed by atoms with van der Waals surface area (Å²) in [6.07, 6.45) is 6.46. The van der Waals surface area contributed by atoms with Gasteiger partial charge in [-0.3, -0.25) is 9.78 Å². The molecule has 0 amide bonds. The van der Waals surface area contributed by atoms with Crippen molar-refractivity contribution in [3.05, 3.63) is 30.5 Å². The van der Waals surface area contributed by atoms with Gasteiger partial charge in [-0.05, 0) is 37.3 Å². The van der Waals surface area contributed by atoms with Crippen molar-refractivity contribution in [3.63, 3.8) is 0 Å². The average Bonchev–Trinajstić information content (AvgIpc) is 3.39. The minimum Gasteiger partial charge on any atom is -0.481 e. The van der Waals surface area contributed by atoms with E-state index in [1.807, 2.05) is 24.3 Å². The molecule has 1 saturated carbocycles. The summed E-state index contributed by atoms with van der Waals surface area (Å²) in [5, 5.41) is 9.72. The molecule has 1 aliphatic carbocycles. The highest BCUT2D eigenvalue weighted by Crippen LogP contribution is 2.46. The first-order chi connectivity index (χ1) is 11.2. The number of fused-ring (bicyclic) bond motifs is 1. The molecule has 1 aliphatic heterocycles.